The van der Waals surface area contributed by atoms with Gasteiger partial charge in [0.1, 0.15) is 30.1 Å². The number of benzene rings is 1. The van der Waals surface area contributed by atoms with Crippen molar-refractivity contribution in [3.8, 4) is 0 Å². The predicted octanol–water partition coefficient (Wildman–Crippen LogP) is 3.18. The first-order valence-electron chi connectivity index (χ1n) is 12.2. The molecule has 0 amide bonds. The molecule has 36 heavy (non-hydrogen) atoms. The molecule has 7 atom stereocenters. The molecule has 2 saturated heterocycles. The molecule has 0 saturated carbocycles. The summed E-state index contributed by atoms with van der Waals surface area (Å²) in [6.07, 6.45) is -4.63. The van der Waals surface area contributed by atoms with Gasteiger partial charge in [-0.15, -0.1) is 0 Å². The Labute approximate surface area is 208 Å². The Bertz CT molecular complexity index is 1130. The summed E-state index contributed by atoms with van der Waals surface area (Å²) in [5.41, 5.74) is 0.373. The monoisotopic (exact) mass is 507 g/mol. The van der Waals surface area contributed by atoms with Gasteiger partial charge in [0.15, 0.2) is 11.5 Å². The molecule has 0 bridgehead atoms. The van der Waals surface area contributed by atoms with Gasteiger partial charge in [-0.1, -0.05) is 33.8 Å². The topological polar surface area (TPSA) is 132 Å². The second-order valence-electron chi connectivity index (χ2n) is 10.6. The third-order valence-electron chi connectivity index (χ3n) is 7.37. The SMILES string of the molecule is Cc1nc2cc([C@@H]3C[C@@H]4O[C@]4(F)COC[C@H](C)[C@H](O)[C@@H](C)C(=O)C(C)(C)[C@@H](O)CC(=O)O3)ccc2o1. The predicted molar refractivity (Wildman–Crippen MR) is 125 cm³/mol. The number of ketones is 1. The fourth-order valence-corrected chi connectivity index (χ4v) is 4.76. The molecule has 2 N–H and O–H groups in total. The Morgan fingerprint density at radius 1 is 1.17 bits per heavy atom. The van der Waals surface area contributed by atoms with Crippen molar-refractivity contribution in [3.63, 3.8) is 0 Å². The number of epoxide rings is 1. The van der Waals surface area contributed by atoms with E-state index in [-0.39, 0.29) is 19.6 Å². The van der Waals surface area contributed by atoms with E-state index in [9.17, 15) is 19.8 Å². The van der Waals surface area contributed by atoms with E-state index in [1.54, 1.807) is 39.0 Å². The molecule has 2 aromatic rings. The van der Waals surface area contributed by atoms with E-state index < -0.39 is 65.7 Å². The minimum atomic E-state index is -2.05. The number of nitrogens with zero attached hydrogens (tertiary/aromatic N) is 1. The van der Waals surface area contributed by atoms with Crippen LogP contribution in [0.25, 0.3) is 11.1 Å². The summed E-state index contributed by atoms with van der Waals surface area (Å²) in [6, 6.07) is 5.11. The molecule has 0 spiro atoms. The van der Waals surface area contributed by atoms with Gasteiger partial charge in [-0.3, -0.25) is 9.59 Å². The van der Waals surface area contributed by atoms with Gasteiger partial charge in [-0.25, -0.2) is 9.37 Å². The van der Waals surface area contributed by atoms with E-state index >= 15 is 4.39 Å². The second kappa shape index (κ2) is 9.81. The molecule has 9 nitrogen and oxygen atoms in total. The van der Waals surface area contributed by atoms with Crippen LogP contribution in [-0.4, -0.2) is 64.3 Å². The summed E-state index contributed by atoms with van der Waals surface area (Å²) in [5, 5.41) is 21.5. The molecule has 0 aliphatic carbocycles. The summed E-state index contributed by atoms with van der Waals surface area (Å²) in [5.74, 6) is -4.03. The number of carbonyl (C=O) groups is 2. The molecule has 2 aliphatic rings. The van der Waals surface area contributed by atoms with Gasteiger partial charge in [0.05, 0.1) is 30.7 Å². The molecular weight excluding hydrogens is 473 g/mol. The van der Waals surface area contributed by atoms with Gasteiger partial charge in [0.2, 0.25) is 0 Å². The molecule has 2 fully saturated rings. The van der Waals surface area contributed by atoms with Crippen LogP contribution in [0.2, 0.25) is 0 Å². The average Bonchev–Trinajstić information content (AvgIpc) is 3.28. The molecule has 198 valence electrons. The molecule has 4 rings (SSSR count). The first kappa shape index (κ1) is 26.7. The lowest BCUT2D eigenvalue weighted by atomic mass is 9.73. The number of esters is 1. The van der Waals surface area contributed by atoms with Crippen molar-refractivity contribution in [3.05, 3.63) is 29.7 Å². The van der Waals surface area contributed by atoms with Crippen molar-refractivity contribution in [1.82, 2.24) is 4.98 Å². The van der Waals surface area contributed by atoms with E-state index in [0.29, 0.717) is 22.6 Å². The number of aromatic nitrogens is 1. The van der Waals surface area contributed by atoms with E-state index in [2.05, 4.69) is 4.98 Å². The highest BCUT2D eigenvalue weighted by Gasteiger charge is 2.59. The second-order valence-corrected chi connectivity index (χ2v) is 10.6. The van der Waals surface area contributed by atoms with Gasteiger partial charge in [-0.05, 0) is 17.7 Å². The Kier molecular flexibility index (Phi) is 7.27. The van der Waals surface area contributed by atoms with Gasteiger partial charge >= 0.3 is 5.97 Å². The minimum absolute atomic E-state index is 0.0154. The van der Waals surface area contributed by atoms with Crippen LogP contribution in [0, 0.1) is 24.2 Å². The lowest BCUT2D eigenvalue weighted by Gasteiger charge is -2.34. The number of oxazole rings is 1. The van der Waals surface area contributed by atoms with Crippen LogP contribution in [0.15, 0.2) is 22.6 Å². The van der Waals surface area contributed by atoms with Crippen molar-refractivity contribution in [2.75, 3.05) is 13.2 Å². The first-order valence-corrected chi connectivity index (χ1v) is 12.2. The van der Waals surface area contributed by atoms with Crippen LogP contribution in [0.1, 0.15) is 58.1 Å². The lowest BCUT2D eigenvalue weighted by Crippen LogP contribution is -2.46. The number of aliphatic hydroxyl groups is 2. The molecule has 10 heteroatoms. The zero-order valence-corrected chi connectivity index (χ0v) is 21.2. The standard InChI is InChI=1S/C26H34FNO8/c1-13-11-33-12-26(27)21(36-26)9-19(16-6-7-18-17(8-16)28-15(3)34-18)35-22(30)10-20(29)25(4,5)24(32)14(2)23(13)31/h6-8,13-14,19-21,23,29,31H,9-12H2,1-5H3/t13-,14+,19-,20-,21-,23-,26+/m0/s1. The van der Waals surface area contributed by atoms with Crippen LogP contribution in [-0.2, 0) is 23.8 Å². The maximum atomic E-state index is 15.2. The van der Waals surface area contributed by atoms with Crippen molar-refractivity contribution < 1.29 is 42.8 Å². The number of halogens is 1. The molecule has 1 aromatic heterocycles. The first-order chi connectivity index (χ1) is 16.8. The number of rotatable bonds is 1. The van der Waals surface area contributed by atoms with Crippen LogP contribution in [0.5, 0.6) is 0 Å². The largest absolute Gasteiger partial charge is 0.457 e. The summed E-state index contributed by atoms with van der Waals surface area (Å²) in [4.78, 5) is 30.3. The van der Waals surface area contributed by atoms with Gasteiger partial charge < -0.3 is 28.8 Å². The molecule has 1 aromatic carbocycles. The fourth-order valence-electron chi connectivity index (χ4n) is 4.76. The smallest absolute Gasteiger partial charge is 0.309 e. The van der Waals surface area contributed by atoms with Crippen LogP contribution in [0.3, 0.4) is 0 Å². The number of alkyl halides is 1. The number of cyclic esters (lactones) is 1. The maximum Gasteiger partial charge on any atom is 0.309 e. The highest BCUT2D eigenvalue weighted by atomic mass is 19.2. The third-order valence-corrected chi connectivity index (χ3v) is 7.37. The number of hydrogen-bond acceptors (Lipinski definition) is 9. The van der Waals surface area contributed by atoms with E-state index in [4.69, 9.17) is 18.6 Å². The average molecular weight is 508 g/mol. The number of aliphatic hydroxyl groups excluding tert-OH is 2. The Morgan fingerprint density at radius 2 is 1.89 bits per heavy atom. The number of Topliss-reactive ketones (excluding diaryl/α,β-unsaturated/α-hetero) is 1. The number of ether oxygens (including phenoxy) is 3. The van der Waals surface area contributed by atoms with Crippen molar-refractivity contribution in [2.24, 2.45) is 17.3 Å². The van der Waals surface area contributed by atoms with Crippen LogP contribution in [0.4, 0.5) is 4.39 Å². The molecule has 3 heterocycles. The normalized spacial score (nSPS) is 36.3. The van der Waals surface area contributed by atoms with Gasteiger partial charge in [0, 0.05) is 25.2 Å². The summed E-state index contributed by atoms with van der Waals surface area (Å²) >= 11 is 0. The maximum absolute atomic E-state index is 15.2. The highest BCUT2D eigenvalue weighted by molar-refractivity contribution is 5.88. The highest BCUT2D eigenvalue weighted by Crippen LogP contribution is 2.45. The van der Waals surface area contributed by atoms with Crippen LogP contribution >= 0.6 is 0 Å². The third kappa shape index (κ3) is 5.32. The van der Waals surface area contributed by atoms with E-state index in [0.717, 1.165) is 0 Å². The zero-order valence-electron chi connectivity index (χ0n) is 21.2. The number of fused-ring (bicyclic) bond motifs is 2. The molecule has 2 aliphatic heterocycles. The number of hydrogen-bond donors (Lipinski definition) is 2. The number of carbonyl (C=O) groups excluding carboxylic acids is 2. The van der Waals surface area contributed by atoms with E-state index in [1.165, 1.54) is 13.8 Å². The summed E-state index contributed by atoms with van der Waals surface area (Å²) < 4.78 is 37.1. The van der Waals surface area contributed by atoms with Crippen LogP contribution < -0.4 is 0 Å². The summed E-state index contributed by atoms with van der Waals surface area (Å²) in [6.45, 7) is 7.71. The lowest BCUT2D eigenvalue weighted by molar-refractivity contribution is -0.156. The van der Waals surface area contributed by atoms with Crippen molar-refractivity contribution in [2.45, 2.75) is 77.7 Å². The fraction of sp³-hybridized carbons (Fsp3) is 0.654. The van der Waals surface area contributed by atoms with Gasteiger partial charge in [-0.2, -0.15) is 0 Å². The number of aryl methyl sites for hydroxylation is 1. The minimum Gasteiger partial charge on any atom is -0.457 e. The van der Waals surface area contributed by atoms with Crippen molar-refractivity contribution in [1.29, 1.82) is 0 Å². The quantitative estimate of drug-likeness (QED) is 0.441. The Morgan fingerprint density at radius 3 is 2.61 bits per heavy atom. The Balaban J connectivity index is 1.61. The molecule has 0 unspecified atom stereocenters. The van der Waals surface area contributed by atoms with E-state index in [1.807, 2.05) is 0 Å². The molecular formula is C26H34FNO8. The van der Waals surface area contributed by atoms with Gasteiger partial charge in [0.25, 0.3) is 5.85 Å². The summed E-state index contributed by atoms with van der Waals surface area (Å²) in [7, 11) is 0. The molecule has 0 radical (unpaired) electrons. The zero-order chi connectivity index (χ0) is 26.4. The Hall–Kier alpha value is -2.40. The van der Waals surface area contributed by atoms with Crippen molar-refractivity contribution >= 4 is 22.9 Å².